The monoisotopic (exact) mass is 1170 g/mol. The van der Waals surface area contributed by atoms with Gasteiger partial charge in [-0.25, -0.2) is 28.0 Å². The summed E-state index contributed by atoms with van der Waals surface area (Å²) in [6.07, 6.45) is 4.35. The Morgan fingerprint density at radius 2 is 0.829 bits per heavy atom. The van der Waals surface area contributed by atoms with Crippen LogP contribution in [0.2, 0.25) is 0 Å². The Hall–Kier alpha value is -7.94. The molecule has 4 aromatic rings. The average Bonchev–Trinajstić information content (AvgIpc) is 4.14. The molecular formula is C48H50F6N8O20. The van der Waals surface area contributed by atoms with E-state index in [-0.39, 0.29) is 0 Å². The first-order chi connectivity index (χ1) is 38.5. The standard InChI is InChI=1S/C12H11F3N2O5.C12H12F2N2O5.C12H13FN2O5.C12H14N2O5/c1-2-11(5-18)8(20)7(12(13,14)15)9(22-11)17-4-3-6(19)16-10(17)21;1-2-12(5-17)8(19)7(9(13)14)10(21-12)16-4-3-6(18)15-11(16)20;1-2-12(6-16)9(18)7(5-13)10(20-12)15-4-3-8(17)14-11(15)19;1-3-12(6-15)9(17)7(2)10(19-12)14-5-4-8(16)13-11(14)18/h1,3-4,7-9,18,20H,5H2,(H,16,19,21);1,3-4,7-10,17,19H,5H2,(H,15,18,20);1,3-4,7,9-10,16,18H,5-6H2,(H,14,17,19);1,4-5,7,9-10,15,17H,6H2,2H3,(H,13,16,18)/t7-,8-,9+,11+;7-,8+,10-,12-;2*7-,9-,10+,12+/m0100/s1. The maximum absolute atomic E-state index is 13.2. The molecule has 4 aliphatic rings. The van der Waals surface area contributed by atoms with Crippen molar-refractivity contribution >= 4 is 0 Å². The molecule has 8 rings (SSSR count). The first-order valence-corrected chi connectivity index (χ1v) is 23.4. The molecule has 0 aliphatic carbocycles. The van der Waals surface area contributed by atoms with Gasteiger partial charge in [-0.3, -0.25) is 61.8 Å². The summed E-state index contributed by atoms with van der Waals surface area (Å²) in [5.74, 6) is 2.02. The highest BCUT2D eigenvalue weighted by atomic mass is 19.4. The molecule has 16 atom stereocenters. The number of alkyl halides is 6. The number of halogens is 6. The number of hydrogen-bond acceptors (Lipinski definition) is 20. The number of aliphatic hydroxyl groups excluding tert-OH is 8. The summed E-state index contributed by atoms with van der Waals surface area (Å²) in [6.45, 7) is -2.64. The molecule has 0 bridgehead atoms. The molecule has 0 unspecified atom stereocenters. The highest BCUT2D eigenvalue weighted by Gasteiger charge is 2.64. The van der Waals surface area contributed by atoms with E-state index < -0.39 is 186 Å². The summed E-state index contributed by atoms with van der Waals surface area (Å²) in [4.78, 5) is 98.5. The zero-order chi connectivity index (χ0) is 61.6. The van der Waals surface area contributed by atoms with Gasteiger partial charge in [0.1, 0.15) is 42.8 Å². The van der Waals surface area contributed by atoms with E-state index in [2.05, 4.69) is 16.8 Å². The van der Waals surface area contributed by atoms with Crippen LogP contribution in [-0.2, 0) is 18.9 Å². The van der Waals surface area contributed by atoms with Crippen molar-refractivity contribution < 1.29 is 86.1 Å². The second-order valence-electron chi connectivity index (χ2n) is 18.3. The van der Waals surface area contributed by atoms with Gasteiger partial charge in [-0.15, -0.1) is 25.7 Å². The van der Waals surface area contributed by atoms with E-state index in [1.807, 2.05) is 15.9 Å². The third-order valence-electron chi connectivity index (χ3n) is 13.6. The Bertz CT molecular complexity index is 3610. The molecule has 8 heterocycles. The van der Waals surface area contributed by atoms with Crippen LogP contribution in [0.15, 0.2) is 87.4 Å². The predicted octanol–water partition coefficient (Wildman–Crippen LogP) is -5.56. The first-order valence-electron chi connectivity index (χ1n) is 23.4. The molecule has 0 radical (unpaired) electrons. The molecule has 12 N–H and O–H groups in total. The molecule has 28 nitrogen and oxygen atoms in total. The summed E-state index contributed by atoms with van der Waals surface area (Å²) >= 11 is 0. The molecule has 444 valence electrons. The van der Waals surface area contributed by atoms with Gasteiger partial charge < -0.3 is 59.8 Å². The normalized spacial score (nSPS) is 32.8. The smallest absolute Gasteiger partial charge is 0.392 e. The number of rotatable bonds is 10. The Labute approximate surface area is 453 Å². The second-order valence-corrected chi connectivity index (χ2v) is 18.3. The fraction of sp³-hybridized carbons (Fsp3) is 0.500. The zero-order valence-electron chi connectivity index (χ0n) is 42.0. The Balaban J connectivity index is 0.000000201. The van der Waals surface area contributed by atoms with Crippen molar-refractivity contribution in [1.82, 2.24) is 38.2 Å². The summed E-state index contributed by atoms with van der Waals surface area (Å²) in [5, 5.41) is 77.0. The first kappa shape index (κ1) is 64.9. The van der Waals surface area contributed by atoms with Crippen LogP contribution in [0.3, 0.4) is 0 Å². The van der Waals surface area contributed by atoms with Gasteiger partial charge in [-0.1, -0.05) is 30.6 Å². The number of aromatic amines is 4. The molecule has 82 heavy (non-hydrogen) atoms. The van der Waals surface area contributed by atoms with Crippen LogP contribution in [0, 0.1) is 73.0 Å². The molecule has 34 heteroatoms. The number of nitrogens with one attached hydrogen (secondary N) is 4. The Morgan fingerprint density at radius 1 is 0.524 bits per heavy atom. The minimum absolute atomic E-state index is 0.456. The summed E-state index contributed by atoms with van der Waals surface area (Å²) in [5.41, 5.74) is -14.0. The Kier molecular flexibility index (Phi) is 20.1. The predicted molar refractivity (Wildman–Crippen MR) is 262 cm³/mol. The lowest BCUT2D eigenvalue weighted by Gasteiger charge is -2.25. The number of nitrogens with zero attached hydrogens (tertiary/aromatic N) is 4. The van der Waals surface area contributed by atoms with Gasteiger partial charge in [-0.05, 0) is 0 Å². The van der Waals surface area contributed by atoms with E-state index in [0.29, 0.717) is 9.13 Å². The fourth-order valence-electron chi connectivity index (χ4n) is 8.99. The maximum atomic E-state index is 13.2. The van der Waals surface area contributed by atoms with Crippen LogP contribution in [0.1, 0.15) is 31.8 Å². The number of aliphatic hydroxyl groups is 8. The van der Waals surface area contributed by atoms with Crippen LogP contribution in [0.4, 0.5) is 26.3 Å². The fourth-order valence-corrected chi connectivity index (χ4v) is 8.99. The van der Waals surface area contributed by atoms with Gasteiger partial charge in [0.2, 0.25) is 6.43 Å². The largest absolute Gasteiger partial charge is 0.398 e. The maximum Gasteiger partial charge on any atom is 0.398 e. The highest BCUT2D eigenvalue weighted by Crippen LogP contribution is 2.49. The van der Waals surface area contributed by atoms with Gasteiger partial charge >= 0.3 is 28.9 Å². The van der Waals surface area contributed by atoms with Crippen molar-refractivity contribution in [3.63, 3.8) is 0 Å². The second kappa shape index (κ2) is 25.5. The average molecular weight is 1170 g/mol. The van der Waals surface area contributed by atoms with Gasteiger partial charge in [0.25, 0.3) is 22.2 Å². The van der Waals surface area contributed by atoms with Crippen molar-refractivity contribution in [3.05, 3.63) is 132 Å². The molecular weight excluding hydrogens is 1120 g/mol. The van der Waals surface area contributed by atoms with E-state index >= 15 is 0 Å². The van der Waals surface area contributed by atoms with Crippen LogP contribution in [-0.4, -0.2) is 172 Å². The van der Waals surface area contributed by atoms with Crippen LogP contribution < -0.4 is 45.0 Å². The molecule has 0 spiro atoms. The number of aromatic nitrogens is 8. The molecule has 0 saturated carbocycles. The SMILES string of the molecule is C#C[C@]1(CO)O[C@@H](n2ccc(=O)[nH]c2=O)[C@@H](C(F)(F)F)[C@@H]1O.C#C[C@]1(CO)O[C@@H](n2ccc(=O)[nH]c2=O)[C@@H](C(F)F)[C@@H]1O.C#C[C@]1(CO)O[C@@H](n2ccc(=O)[nH]c2=O)[C@@H](C)[C@@H]1O.C#C[C@]1(CO)O[C@@H](n2ccc(=O)[nH]c2=O)[C@@H](CF)[C@@H]1O. The quantitative estimate of drug-likeness (QED) is 0.0520. The minimum atomic E-state index is -4.96. The highest BCUT2D eigenvalue weighted by molar-refractivity contribution is 5.21. The number of ether oxygens (including phenoxy) is 4. The van der Waals surface area contributed by atoms with Crippen molar-refractivity contribution in [3.8, 4) is 49.4 Å². The van der Waals surface area contributed by atoms with E-state index in [0.717, 1.165) is 45.9 Å². The van der Waals surface area contributed by atoms with Crippen molar-refractivity contribution in [2.45, 2.75) is 91.3 Å². The van der Waals surface area contributed by atoms with Gasteiger partial charge in [-0.2, -0.15) is 13.2 Å². The van der Waals surface area contributed by atoms with E-state index in [1.54, 1.807) is 17.8 Å². The summed E-state index contributed by atoms with van der Waals surface area (Å²) in [7, 11) is 0. The van der Waals surface area contributed by atoms with Crippen molar-refractivity contribution in [2.24, 2.45) is 23.7 Å². The van der Waals surface area contributed by atoms with Crippen LogP contribution in [0.5, 0.6) is 0 Å². The number of hydrogen-bond donors (Lipinski definition) is 12. The molecule has 4 aliphatic heterocycles. The van der Waals surface area contributed by atoms with Crippen molar-refractivity contribution in [1.29, 1.82) is 0 Å². The molecule has 4 fully saturated rings. The summed E-state index contributed by atoms with van der Waals surface area (Å²) in [6, 6.07) is 3.98. The number of H-pyrrole nitrogens is 4. The van der Waals surface area contributed by atoms with E-state index in [4.69, 9.17) is 44.6 Å². The van der Waals surface area contributed by atoms with Gasteiger partial charge in [0.05, 0.1) is 44.9 Å². The number of terminal acetylenes is 4. The molecule has 0 aromatic carbocycles. The lowest BCUT2D eigenvalue weighted by atomic mass is 9.90. The van der Waals surface area contributed by atoms with E-state index in [9.17, 15) is 106 Å². The molecule has 0 amide bonds. The third kappa shape index (κ3) is 12.3. The van der Waals surface area contributed by atoms with Crippen LogP contribution in [0.25, 0.3) is 0 Å². The summed E-state index contributed by atoms with van der Waals surface area (Å²) < 4.78 is 103. The van der Waals surface area contributed by atoms with E-state index in [1.165, 1.54) is 12.3 Å². The molecule has 4 aromatic heterocycles. The zero-order valence-corrected chi connectivity index (χ0v) is 42.0. The van der Waals surface area contributed by atoms with Crippen molar-refractivity contribution in [2.75, 3.05) is 33.1 Å². The third-order valence-corrected chi connectivity index (χ3v) is 13.6. The lowest BCUT2D eigenvalue weighted by Crippen LogP contribution is -2.46. The van der Waals surface area contributed by atoms with Gasteiger partial charge in [0, 0.05) is 55.0 Å². The topological polar surface area (TPSA) is 418 Å². The molecule has 4 saturated heterocycles. The lowest BCUT2D eigenvalue weighted by molar-refractivity contribution is -0.211. The van der Waals surface area contributed by atoms with Gasteiger partial charge in [0.15, 0.2) is 34.9 Å². The Morgan fingerprint density at radius 3 is 1.16 bits per heavy atom. The van der Waals surface area contributed by atoms with Crippen LogP contribution >= 0.6 is 0 Å². The minimum Gasteiger partial charge on any atom is -0.392 e.